The summed E-state index contributed by atoms with van der Waals surface area (Å²) in [5.41, 5.74) is 5.37. The van der Waals surface area contributed by atoms with Crippen LogP contribution in [-0.4, -0.2) is 36.5 Å². The fraction of sp³-hybridized carbons (Fsp3) is 0.345. The van der Waals surface area contributed by atoms with Crippen molar-refractivity contribution in [2.45, 2.75) is 51.2 Å². The first kappa shape index (κ1) is 26.5. The molecule has 0 radical (unpaired) electrons. The first-order chi connectivity index (χ1) is 17.7. The molecule has 1 N–H and O–H groups in total. The molecule has 4 rings (SSSR count). The molecular weight excluding hydrogens is 484 g/mol. The highest BCUT2D eigenvalue weighted by molar-refractivity contribution is 7.91. The van der Waals surface area contributed by atoms with E-state index in [1.807, 2.05) is 18.2 Å². The van der Waals surface area contributed by atoms with Crippen LogP contribution in [0.3, 0.4) is 0 Å². The third-order valence-corrected chi connectivity index (χ3v) is 8.60. The summed E-state index contributed by atoms with van der Waals surface area (Å²) in [7, 11) is -3.24. The minimum absolute atomic E-state index is 0.0587. The molecule has 1 atom stereocenters. The van der Waals surface area contributed by atoms with E-state index >= 15 is 0 Å². The van der Waals surface area contributed by atoms with Gasteiger partial charge in [0, 0.05) is 37.4 Å². The SMILES string of the molecule is CCS(=O)(=O)c1ccc(CNC(=O)c2ccc3c(c2)CCN(Cc2ccc(C#N)cn2)[C@H]3C(C)C)cc1. The Morgan fingerprint density at radius 2 is 1.92 bits per heavy atom. The van der Waals surface area contributed by atoms with Crippen LogP contribution in [0.5, 0.6) is 0 Å². The number of hydrogen-bond donors (Lipinski definition) is 1. The molecule has 1 aliphatic heterocycles. The Labute approximate surface area is 219 Å². The number of pyridine rings is 1. The lowest BCUT2D eigenvalue weighted by atomic mass is 9.85. The Morgan fingerprint density at radius 1 is 1.16 bits per heavy atom. The molecule has 37 heavy (non-hydrogen) atoms. The Balaban J connectivity index is 1.45. The molecule has 2 aromatic carbocycles. The number of fused-ring (bicyclic) bond motifs is 1. The van der Waals surface area contributed by atoms with Gasteiger partial charge in [-0.05, 0) is 65.4 Å². The fourth-order valence-electron chi connectivity index (χ4n) is 4.87. The van der Waals surface area contributed by atoms with Crippen LogP contribution in [-0.2, 0) is 29.3 Å². The van der Waals surface area contributed by atoms with E-state index in [-0.39, 0.29) is 17.7 Å². The van der Waals surface area contributed by atoms with Crippen molar-refractivity contribution < 1.29 is 13.2 Å². The highest BCUT2D eigenvalue weighted by Gasteiger charge is 2.30. The van der Waals surface area contributed by atoms with Crippen molar-refractivity contribution in [3.63, 3.8) is 0 Å². The fourth-order valence-corrected chi connectivity index (χ4v) is 5.75. The summed E-state index contributed by atoms with van der Waals surface area (Å²) in [6.45, 7) is 7.91. The third-order valence-electron chi connectivity index (χ3n) is 6.85. The van der Waals surface area contributed by atoms with E-state index in [1.54, 1.807) is 43.5 Å². The number of nitrogens with zero attached hydrogens (tertiary/aromatic N) is 3. The van der Waals surface area contributed by atoms with Crippen LogP contribution in [0, 0.1) is 17.2 Å². The number of amides is 1. The average molecular weight is 517 g/mol. The number of carbonyl (C=O) groups excluding carboxylic acids is 1. The van der Waals surface area contributed by atoms with Crippen molar-refractivity contribution >= 4 is 15.7 Å². The molecule has 0 saturated heterocycles. The lowest BCUT2D eigenvalue weighted by Gasteiger charge is -2.39. The van der Waals surface area contributed by atoms with E-state index in [4.69, 9.17) is 5.26 Å². The van der Waals surface area contributed by atoms with E-state index in [9.17, 15) is 13.2 Å². The molecule has 3 aromatic rings. The topological polar surface area (TPSA) is 103 Å². The van der Waals surface area contributed by atoms with Gasteiger partial charge in [-0.15, -0.1) is 0 Å². The number of benzene rings is 2. The molecule has 0 aliphatic carbocycles. The van der Waals surface area contributed by atoms with Crippen LogP contribution in [0.2, 0.25) is 0 Å². The van der Waals surface area contributed by atoms with Gasteiger partial charge in [0.2, 0.25) is 0 Å². The number of nitrogens with one attached hydrogen (secondary N) is 1. The highest BCUT2D eigenvalue weighted by Crippen LogP contribution is 2.36. The number of nitriles is 1. The largest absolute Gasteiger partial charge is 0.348 e. The molecule has 0 saturated carbocycles. The Hall–Kier alpha value is -3.54. The van der Waals surface area contributed by atoms with Gasteiger partial charge in [0.25, 0.3) is 5.91 Å². The Bertz CT molecular complexity index is 1410. The minimum atomic E-state index is -3.24. The minimum Gasteiger partial charge on any atom is -0.348 e. The zero-order chi connectivity index (χ0) is 26.6. The summed E-state index contributed by atoms with van der Waals surface area (Å²) < 4.78 is 24.0. The number of hydrogen-bond acceptors (Lipinski definition) is 6. The first-order valence-corrected chi connectivity index (χ1v) is 14.2. The summed E-state index contributed by atoms with van der Waals surface area (Å²) >= 11 is 0. The molecule has 1 amide bonds. The molecule has 0 bridgehead atoms. The molecule has 0 spiro atoms. The predicted octanol–water partition coefficient (Wildman–Crippen LogP) is 4.43. The molecule has 8 heteroatoms. The van der Waals surface area contributed by atoms with Gasteiger partial charge in [-0.3, -0.25) is 14.7 Å². The molecule has 0 unspecified atom stereocenters. The van der Waals surface area contributed by atoms with Crippen LogP contribution in [0.15, 0.2) is 65.7 Å². The molecule has 7 nitrogen and oxygen atoms in total. The second-order valence-corrected chi connectivity index (χ2v) is 12.0. The first-order valence-electron chi connectivity index (χ1n) is 12.5. The van der Waals surface area contributed by atoms with Crippen molar-refractivity contribution in [3.8, 4) is 6.07 Å². The van der Waals surface area contributed by atoms with Gasteiger partial charge < -0.3 is 5.32 Å². The number of aromatic nitrogens is 1. The third kappa shape index (κ3) is 6.07. The van der Waals surface area contributed by atoms with Gasteiger partial charge in [-0.2, -0.15) is 5.26 Å². The van der Waals surface area contributed by atoms with Crippen molar-refractivity contribution in [1.82, 2.24) is 15.2 Å². The van der Waals surface area contributed by atoms with Crippen molar-refractivity contribution in [2.24, 2.45) is 5.92 Å². The standard InChI is InChI=1S/C29H32N4O3S/c1-4-37(35,36)26-10-6-21(7-11-26)17-32-29(34)24-8-12-27-23(15-24)13-14-33(28(27)20(2)3)19-25-9-5-22(16-30)18-31-25/h5-12,15,18,20,28H,4,13-14,17,19H2,1-3H3,(H,32,34)/t28-/m0/s1. The Morgan fingerprint density at radius 3 is 2.54 bits per heavy atom. The van der Waals surface area contributed by atoms with Crippen LogP contribution in [0.1, 0.15) is 65.1 Å². The van der Waals surface area contributed by atoms with Crippen molar-refractivity contribution in [2.75, 3.05) is 12.3 Å². The second-order valence-electron chi connectivity index (χ2n) is 9.70. The maximum absolute atomic E-state index is 12.9. The van der Waals surface area contributed by atoms with E-state index in [0.29, 0.717) is 35.0 Å². The van der Waals surface area contributed by atoms with Gasteiger partial charge >= 0.3 is 0 Å². The molecule has 1 aromatic heterocycles. The molecule has 1 aliphatic rings. The predicted molar refractivity (Wildman–Crippen MR) is 142 cm³/mol. The maximum Gasteiger partial charge on any atom is 0.251 e. The molecule has 192 valence electrons. The molecule has 2 heterocycles. The number of carbonyl (C=O) groups is 1. The lowest BCUT2D eigenvalue weighted by Crippen LogP contribution is -2.38. The van der Waals surface area contributed by atoms with Crippen LogP contribution >= 0.6 is 0 Å². The van der Waals surface area contributed by atoms with Gasteiger partial charge in [-0.25, -0.2) is 8.42 Å². The van der Waals surface area contributed by atoms with E-state index in [0.717, 1.165) is 24.2 Å². The van der Waals surface area contributed by atoms with Gasteiger partial charge in [0.05, 0.1) is 21.9 Å². The zero-order valence-corrected chi connectivity index (χ0v) is 22.3. The average Bonchev–Trinajstić information content (AvgIpc) is 2.91. The monoisotopic (exact) mass is 516 g/mol. The lowest BCUT2D eigenvalue weighted by molar-refractivity contribution is 0.0950. The van der Waals surface area contributed by atoms with Crippen LogP contribution < -0.4 is 5.32 Å². The molecular formula is C29H32N4O3S. The van der Waals surface area contributed by atoms with Crippen molar-refractivity contribution in [1.29, 1.82) is 5.26 Å². The summed E-state index contributed by atoms with van der Waals surface area (Å²) in [6.07, 6.45) is 2.45. The number of sulfone groups is 1. The Kier molecular flexibility index (Phi) is 8.06. The van der Waals surface area contributed by atoms with Crippen LogP contribution in [0.4, 0.5) is 0 Å². The normalized spacial score (nSPS) is 15.7. The quantitative estimate of drug-likeness (QED) is 0.475. The zero-order valence-electron chi connectivity index (χ0n) is 21.4. The van der Waals surface area contributed by atoms with Gasteiger partial charge in [-0.1, -0.05) is 39.0 Å². The smallest absolute Gasteiger partial charge is 0.251 e. The maximum atomic E-state index is 12.9. The summed E-state index contributed by atoms with van der Waals surface area (Å²) in [4.78, 5) is 20.1. The van der Waals surface area contributed by atoms with E-state index in [1.165, 1.54) is 11.1 Å². The van der Waals surface area contributed by atoms with E-state index in [2.05, 4.69) is 41.2 Å². The summed E-state index contributed by atoms with van der Waals surface area (Å²) in [5.74, 6) is 0.276. The number of rotatable bonds is 8. The van der Waals surface area contributed by atoms with Gasteiger partial charge in [0.15, 0.2) is 9.84 Å². The summed E-state index contributed by atoms with van der Waals surface area (Å²) in [5, 5.41) is 12.0. The van der Waals surface area contributed by atoms with Crippen molar-refractivity contribution in [3.05, 3.63) is 94.3 Å². The second kappa shape index (κ2) is 11.2. The van der Waals surface area contributed by atoms with Gasteiger partial charge in [0.1, 0.15) is 6.07 Å². The molecule has 0 fully saturated rings. The summed E-state index contributed by atoms with van der Waals surface area (Å²) in [6, 6.07) is 18.6. The highest BCUT2D eigenvalue weighted by atomic mass is 32.2. The van der Waals surface area contributed by atoms with Crippen LogP contribution in [0.25, 0.3) is 0 Å². The van der Waals surface area contributed by atoms with E-state index < -0.39 is 9.84 Å².